The average Bonchev–Trinajstić information content (AvgIpc) is 2.82. The zero-order valence-electron chi connectivity index (χ0n) is 11.9. The summed E-state index contributed by atoms with van der Waals surface area (Å²) in [6, 6.07) is 6.08. The molecule has 0 aliphatic carbocycles. The van der Waals surface area contributed by atoms with Crippen molar-refractivity contribution in [2.24, 2.45) is 5.73 Å². The maximum absolute atomic E-state index is 5.82. The summed E-state index contributed by atoms with van der Waals surface area (Å²) >= 11 is 0. The smallest absolute Gasteiger partial charge is 0.128 e. The normalized spacial score (nSPS) is 11.1. The summed E-state index contributed by atoms with van der Waals surface area (Å²) in [5, 5.41) is 0. The third-order valence-corrected chi connectivity index (χ3v) is 3.16. The van der Waals surface area contributed by atoms with Gasteiger partial charge >= 0.3 is 0 Å². The summed E-state index contributed by atoms with van der Waals surface area (Å²) in [5.74, 6) is 2.12. The van der Waals surface area contributed by atoms with Crippen molar-refractivity contribution >= 4 is 0 Å². The lowest BCUT2D eigenvalue weighted by Crippen LogP contribution is -2.00. The maximum Gasteiger partial charge on any atom is 0.128 e. The van der Waals surface area contributed by atoms with Gasteiger partial charge in [-0.3, -0.25) is 0 Å². The molecule has 1 heterocycles. The number of hydrogen-bond acceptors (Lipinski definition) is 3. The van der Waals surface area contributed by atoms with Gasteiger partial charge in [0.05, 0.1) is 18.5 Å². The molecule has 0 fully saturated rings. The van der Waals surface area contributed by atoms with Gasteiger partial charge in [-0.15, -0.1) is 0 Å². The van der Waals surface area contributed by atoms with E-state index in [1.54, 1.807) is 7.11 Å². The van der Waals surface area contributed by atoms with Crippen molar-refractivity contribution in [2.75, 3.05) is 7.11 Å². The average molecular weight is 259 g/mol. The van der Waals surface area contributed by atoms with E-state index in [2.05, 4.69) is 36.8 Å². The van der Waals surface area contributed by atoms with E-state index in [4.69, 9.17) is 10.5 Å². The quantitative estimate of drug-likeness (QED) is 0.887. The molecule has 0 saturated carbocycles. The van der Waals surface area contributed by atoms with Gasteiger partial charge < -0.3 is 15.5 Å². The highest BCUT2D eigenvalue weighted by atomic mass is 16.5. The third-order valence-electron chi connectivity index (χ3n) is 3.16. The fourth-order valence-electron chi connectivity index (χ4n) is 2.08. The summed E-state index contributed by atoms with van der Waals surface area (Å²) in [5.41, 5.74) is 9.83. The van der Waals surface area contributed by atoms with Crippen molar-refractivity contribution < 1.29 is 4.74 Å². The minimum absolute atomic E-state index is 0.342. The van der Waals surface area contributed by atoms with Crippen molar-refractivity contribution in [2.45, 2.75) is 33.2 Å². The van der Waals surface area contributed by atoms with Gasteiger partial charge in [0.15, 0.2) is 0 Å². The molecule has 0 saturated heterocycles. The minimum atomic E-state index is 0.342. The summed E-state index contributed by atoms with van der Waals surface area (Å²) in [7, 11) is 1.67. The number of nitrogens with one attached hydrogen (secondary N) is 1. The summed E-state index contributed by atoms with van der Waals surface area (Å²) < 4.78 is 5.43. The second kappa shape index (κ2) is 5.45. The number of benzene rings is 1. The van der Waals surface area contributed by atoms with Crippen LogP contribution in [0.4, 0.5) is 0 Å². The molecule has 1 aromatic heterocycles. The molecule has 0 amide bonds. The van der Waals surface area contributed by atoms with Crippen LogP contribution in [0.1, 0.15) is 36.8 Å². The van der Waals surface area contributed by atoms with Gasteiger partial charge in [0.2, 0.25) is 0 Å². The lowest BCUT2D eigenvalue weighted by atomic mass is 10.1. The Morgan fingerprint density at radius 1 is 1.37 bits per heavy atom. The molecule has 0 spiro atoms. The fraction of sp³-hybridized carbons (Fsp3) is 0.400. The molecule has 4 nitrogen and oxygen atoms in total. The molecular formula is C15H21N3O. The zero-order chi connectivity index (χ0) is 14.0. The van der Waals surface area contributed by atoms with Gasteiger partial charge in [-0.05, 0) is 19.1 Å². The van der Waals surface area contributed by atoms with Crippen LogP contribution in [0.5, 0.6) is 5.75 Å². The molecule has 0 unspecified atom stereocenters. The third kappa shape index (κ3) is 2.63. The SMILES string of the molecule is COc1ccc(C)cc1-c1nc(C(C)C)[nH]c1CN. The number of imidazole rings is 1. The number of ether oxygens (including phenoxy) is 1. The molecule has 4 heteroatoms. The lowest BCUT2D eigenvalue weighted by molar-refractivity contribution is 0.416. The Balaban J connectivity index is 2.60. The maximum atomic E-state index is 5.82. The molecule has 0 aliphatic rings. The Bertz CT molecular complexity index is 573. The molecule has 2 rings (SSSR count). The van der Waals surface area contributed by atoms with Crippen molar-refractivity contribution in [1.82, 2.24) is 9.97 Å². The number of H-pyrrole nitrogens is 1. The van der Waals surface area contributed by atoms with Crippen LogP contribution in [0.2, 0.25) is 0 Å². The summed E-state index contributed by atoms with van der Waals surface area (Å²) in [4.78, 5) is 7.99. The second-order valence-corrected chi connectivity index (χ2v) is 5.01. The van der Waals surface area contributed by atoms with Crippen molar-refractivity contribution in [3.63, 3.8) is 0 Å². The first-order valence-corrected chi connectivity index (χ1v) is 6.50. The van der Waals surface area contributed by atoms with Gasteiger partial charge in [-0.25, -0.2) is 4.98 Å². The van der Waals surface area contributed by atoms with Crippen LogP contribution in [-0.2, 0) is 6.54 Å². The van der Waals surface area contributed by atoms with Gasteiger partial charge in [0.1, 0.15) is 11.6 Å². The molecule has 1 aromatic carbocycles. The van der Waals surface area contributed by atoms with Crippen LogP contribution in [0, 0.1) is 6.92 Å². The number of rotatable bonds is 4. The fourth-order valence-corrected chi connectivity index (χ4v) is 2.08. The van der Waals surface area contributed by atoms with E-state index in [1.807, 2.05) is 12.1 Å². The number of nitrogens with zero attached hydrogens (tertiary/aromatic N) is 1. The highest BCUT2D eigenvalue weighted by Crippen LogP contribution is 2.32. The van der Waals surface area contributed by atoms with Crippen molar-refractivity contribution in [3.8, 4) is 17.0 Å². The molecule has 19 heavy (non-hydrogen) atoms. The molecule has 0 aliphatic heterocycles. The first-order valence-electron chi connectivity index (χ1n) is 6.50. The molecule has 0 atom stereocenters. The van der Waals surface area contributed by atoms with Crippen molar-refractivity contribution in [3.05, 3.63) is 35.3 Å². The van der Waals surface area contributed by atoms with E-state index in [-0.39, 0.29) is 0 Å². The topological polar surface area (TPSA) is 63.9 Å². The minimum Gasteiger partial charge on any atom is -0.496 e. The molecular weight excluding hydrogens is 238 g/mol. The number of hydrogen-bond donors (Lipinski definition) is 2. The summed E-state index contributed by atoms with van der Waals surface area (Å²) in [6.45, 7) is 6.71. The van der Waals surface area contributed by atoms with E-state index >= 15 is 0 Å². The van der Waals surface area contributed by atoms with Crippen LogP contribution >= 0.6 is 0 Å². The van der Waals surface area contributed by atoms with Crippen molar-refractivity contribution in [1.29, 1.82) is 0 Å². The number of methoxy groups -OCH3 is 1. The van der Waals surface area contributed by atoms with E-state index in [0.29, 0.717) is 12.5 Å². The lowest BCUT2D eigenvalue weighted by Gasteiger charge is -2.08. The Morgan fingerprint density at radius 3 is 2.68 bits per heavy atom. The van der Waals surface area contributed by atoms with Gasteiger partial charge in [-0.2, -0.15) is 0 Å². The molecule has 0 bridgehead atoms. The van der Waals surface area contributed by atoms with E-state index in [0.717, 1.165) is 28.5 Å². The van der Waals surface area contributed by atoms with E-state index in [9.17, 15) is 0 Å². The Hall–Kier alpha value is -1.81. The first kappa shape index (κ1) is 13.6. The number of aromatic nitrogens is 2. The Morgan fingerprint density at radius 2 is 2.11 bits per heavy atom. The molecule has 2 aromatic rings. The zero-order valence-corrected chi connectivity index (χ0v) is 11.9. The van der Waals surface area contributed by atoms with Crippen LogP contribution in [0.3, 0.4) is 0 Å². The molecule has 0 radical (unpaired) electrons. The van der Waals surface area contributed by atoms with Crippen LogP contribution in [0.15, 0.2) is 18.2 Å². The number of aryl methyl sites for hydroxylation is 1. The van der Waals surface area contributed by atoms with Crippen LogP contribution < -0.4 is 10.5 Å². The predicted molar refractivity (Wildman–Crippen MR) is 77.3 cm³/mol. The Kier molecular flexibility index (Phi) is 3.90. The van der Waals surface area contributed by atoms with Gasteiger partial charge in [0.25, 0.3) is 0 Å². The molecule has 3 N–H and O–H groups in total. The molecule has 102 valence electrons. The first-order chi connectivity index (χ1) is 9.06. The van der Waals surface area contributed by atoms with E-state index in [1.165, 1.54) is 5.56 Å². The van der Waals surface area contributed by atoms with Crippen LogP contribution in [0.25, 0.3) is 11.3 Å². The predicted octanol–water partition coefficient (Wildman–Crippen LogP) is 2.98. The van der Waals surface area contributed by atoms with E-state index < -0.39 is 0 Å². The Labute approximate surface area is 114 Å². The largest absolute Gasteiger partial charge is 0.496 e. The van der Waals surface area contributed by atoms with Gasteiger partial charge in [0, 0.05) is 18.0 Å². The van der Waals surface area contributed by atoms with Crippen LogP contribution in [-0.4, -0.2) is 17.1 Å². The number of aromatic amines is 1. The monoisotopic (exact) mass is 259 g/mol. The highest BCUT2D eigenvalue weighted by molar-refractivity contribution is 5.70. The second-order valence-electron chi connectivity index (χ2n) is 5.01. The number of nitrogens with two attached hydrogens (primary N) is 1. The standard InChI is InChI=1S/C15H21N3O/c1-9(2)15-17-12(8-16)14(18-15)11-7-10(3)5-6-13(11)19-4/h5-7,9H,8,16H2,1-4H3,(H,17,18). The highest BCUT2D eigenvalue weighted by Gasteiger charge is 2.16. The summed E-state index contributed by atoms with van der Waals surface area (Å²) in [6.07, 6.45) is 0. The van der Waals surface area contributed by atoms with Gasteiger partial charge in [-0.1, -0.05) is 25.5 Å².